The summed E-state index contributed by atoms with van der Waals surface area (Å²) < 4.78 is 23.2. The summed E-state index contributed by atoms with van der Waals surface area (Å²) in [6.45, 7) is 3.04. The van der Waals surface area contributed by atoms with Gasteiger partial charge in [0.25, 0.3) is 0 Å². The Morgan fingerprint density at radius 3 is 2.00 bits per heavy atom. The molecule has 0 rings (SSSR count). The minimum Gasteiger partial charge on any atom is -0.188 e. The maximum absolute atomic E-state index is 11.6. The van der Waals surface area contributed by atoms with E-state index in [1.54, 1.807) is 0 Å². The molecule has 8 heavy (non-hydrogen) atoms. The minimum absolute atomic E-state index is 0.134. The summed E-state index contributed by atoms with van der Waals surface area (Å²) in [6, 6.07) is 0. The van der Waals surface area contributed by atoms with Crippen LogP contribution in [0, 0.1) is 0 Å². The third-order valence-electron chi connectivity index (χ3n) is 0.392. The molecule has 4 heteroatoms. The van der Waals surface area contributed by atoms with Gasteiger partial charge in [-0.3, -0.25) is 0 Å². The van der Waals surface area contributed by atoms with E-state index >= 15 is 0 Å². The smallest absolute Gasteiger partial charge is 0.188 e. The Kier molecular flexibility index (Phi) is 2.71. The minimum atomic E-state index is -3.24. The summed E-state index contributed by atoms with van der Waals surface area (Å²) in [5.74, 6) is 0. The standard InChI is InChI=1S/C4H4Cl2F2/c1-3(5)2-4(6,7)8/h1-2H2. The molecule has 0 unspecified atom stereocenters. The fourth-order valence-corrected chi connectivity index (χ4v) is 0.615. The molecule has 0 aromatic heterocycles. The van der Waals surface area contributed by atoms with Gasteiger partial charge in [-0.15, -0.1) is 0 Å². The van der Waals surface area contributed by atoms with Crippen LogP contribution in [0.4, 0.5) is 8.78 Å². The molecule has 0 heterocycles. The van der Waals surface area contributed by atoms with Crippen LogP contribution in [0.1, 0.15) is 6.42 Å². The van der Waals surface area contributed by atoms with Crippen molar-refractivity contribution in [3.63, 3.8) is 0 Å². The van der Waals surface area contributed by atoms with Gasteiger partial charge in [0.2, 0.25) is 0 Å². The van der Waals surface area contributed by atoms with Gasteiger partial charge in [-0.25, -0.2) is 0 Å². The van der Waals surface area contributed by atoms with Gasteiger partial charge in [0.1, 0.15) is 0 Å². The predicted molar refractivity (Wildman–Crippen MR) is 30.4 cm³/mol. The van der Waals surface area contributed by atoms with Crippen molar-refractivity contribution in [2.75, 3.05) is 0 Å². The Balaban J connectivity index is 3.55. The second-order valence-corrected chi connectivity index (χ2v) is 2.40. The third kappa shape index (κ3) is 6.18. The average Bonchev–Trinajstić information content (AvgIpc) is 1.21. The molecule has 0 aliphatic rings. The van der Waals surface area contributed by atoms with E-state index in [1.165, 1.54) is 0 Å². The Labute approximate surface area is 56.1 Å². The van der Waals surface area contributed by atoms with Gasteiger partial charge in [0.05, 0.1) is 6.42 Å². The number of rotatable bonds is 2. The van der Waals surface area contributed by atoms with Crippen molar-refractivity contribution < 1.29 is 8.78 Å². The molecule has 0 aromatic rings. The number of hydrogen-bond donors (Lipinski definition) is 0. The van der Waals surface area contributed by atoms with E-state index in [0.29, 0.717) is 0 Å². The van der Waals surface area contributed by atoms with Crippen molar-refractivity contribution in [1.82, 2.24) is 0 Å². The highest BCUT2D eigenvalue weighted by Crippen LogP contribution is 2.27. The Hall–Kier alpha value is 0.180. The van der Waals surface area contributed by atoms with Crippen LogP contribution in [0.3, 0.4) is 0 Å². The van der Waals surface area contributed by atoms with Crippen LogP contribution in [0.2, 0.25) is 0 Å². The van der Waals surface area contributed by atoms with E-state index in [-0.39, 0.29) is 5.03 Å². The molecule has 0 saturated heterocycles. The molecular weight excluding hydrogens is 157 g/mol. The lowest BCUT2D eigenvalue weighted by Gasteiger charge is -2.03. The largest absolute Gasteiger partial charge is 0.326 e. The molecule has 0 nitrogen and oxygen atoms in total. The zero-order chi connectivity index (χ0) is 6.78. The highest BCUT2D eigenvalue weighted by atomic mass is 35.5. The second kappa shape index (κ2) is 2.65. The first-order valence-corrected chi connectivity index (χ1v) is 2.57. The molecule has 0 saturated carbocycles. The first-order chi connectivity index (χ1) is 3.42. The highest BCUT2D eigenvalue weighted by molar-refractivity contribution is 6.30. The molecule has 0 bridgehead atoms. The Bertz CT molecular complexity index is 94.7. The van der Waals surface area contributed by atoms with Gasteiger partial charge in [-0.2, -0.15) is 8.78 Å². The zero-order valence-corrected chi connectivity index (χ0v) is 5.44. The summed E-state index contributed by atoms with van der Waals surface area (Å²) in [7, 11) is 0. The van der Waals surface area contributed by atoms with Crippen LogP contribution in [-0.4, -0.2) is 5.38 Å². The van der Waals surface area contributed by atoms with Gasteiger partial charge >= 0.3 is 5.38 Å². The molecular formula is C4H4Cl2F2. The summed E-state index contributed by atoms with van der Waals surface area (Å²) in [5.41, 5.74) is 0. The van der Waals surface area contributed by atoms with E-state index in [0.717, 1.165) is 0 Å². The summed E-state index contributed by atoms with van der Waals surface area (Å²) in [6.07, 6.45) is -0.671. The third-order valence-corrected chi connectivity index (χ3v) is 0.660. The summed E-state index contributed by atoms with van der Waals surface area (Å²) in [5, 5.41) is -3.37. The first-order valence-electron chi connectivity index (χ1n) is 1.82. The number of hydrogen-bond acceptors (Lipinski definition) is 0. The maximum atomic E-state index is 11.6. The maximum Gasteiger partial charge on any atom is 0.326 e. The first kappa shape index (κ1) is 8.18. The van der Waals surface area contributed by atoms with E-state index in [9.17, 15) is 8.78 Å². The van der Waals surface area contributed by atoms with Crippen molar-refractivity contribution in [2.45, 2.75) is 11.8 Å². The fourth-order valence-electron chi connectivity index (χ4n) is 0.217. The monoisotopic (exact) mass is 160 g/mol. The predicted octanol–water partition coefficient (Wildman–Crippen LogP) is 2.96. The zero-order valence-electron chi connectivity index (χ0n) is 3.93. The highest BCUT2D eigenvalue weighted by Gasteiger charge is 2.24. The van der Waals surface area contributed by atoms with Crippen molar-refractivity contribution in [3.8, 4) is 0 Å². The van der Waals surface area contributed by atoms with Gasteiger partial charge < -0.3 is 0 Å². The van der Waals surface area contributed by atoms with Gasteiger partial charge in [-0.1, -0.05) is 18.2 Å². The van der Waals surface area contributed by atoms with Crippen LogP contribution < -0.4 is 0 Å². The average molecular weight is 161 g/mol. The number of alkyl halides is 3. The molecule has 0 aliphatic heterocycles. The van der Waals surface area contributed by atoms with Crippen LogP contribution >= 0.6 is 23.2 Å². The van der Waals surface area contributed by atoms with Crippen LogP contribution in [0.25, 0.3) is 0 Å². The quantitative estimate of drug-likeness (QED) is 0.546. The Morgan fingerprint density at radius 1 is 1.62 bits per heavy atom. The molecule has 0 radical (unpaired) electrons. The normalized spacial score (nSPS) is 11.5. The lowest BCUT2D eigenvalue weighted by atomic mass is 10.4. The number of halogens is 4. The van der Waals surface area contributed by atoms with Crippen LogP contribution in [0.5, 0.6) is 0 Å². The molecule has 0 aliphatic carbocycles. The van der Waals surface area contributed by atoms with E-state index in [2.05, 4.69) is 18.2 Å². The van der Waals surface area contributed by atoms with E-state index in [4.69, 9.17) is 11.6 Å². The Morgan fingerprint density at radius 2 is 2.00 bits per heavy atom. The lowest BCUT2D eigenvalue weighted by molar-refractivity contribution is 0.0990. The van der Waals surface area contributed by atoms with Crippen LogP contribution in [-0.2, 0) is 0 Å². The summed E-state index contributed by atoms with van der Waals surface area (Å²) in [4.78, 5) is 0. The van der Waals surface area contributed by atoms with Gasteiger partial charge in [0.15, 0.2) is 0 Å². The number of allylic oxidation sites excluding steroid dienone is 1. The van der Waals surface area contributed by atoms with Crippen molar-refractivity contribution in [2.24, 2.45) is 0 Å². The van der Waals surface area contributed by atoms with E-state index < -0.39 is 11.8 Å². The summed E-state index contributed by atoms with van der Waals surface area (Å²) >= 11 is 9.45. The van der Waals surface area contributed by atoms with Crippen molar-refractivity contribution >= 4 is 23.2 Å². The lowest BCUT2D eigenvalue weighted by Crippen LogP contribution is -2.03. The molecule has 0 atom stereocenters. The van der Waals surface area contributed by atoms with E-state index in [1.807, 2.05) is 0 Å². The molecule has 0 spiro atoms. The molecule has 0 aromatic carbocycles. The molecule has 48 valence electrons. The molecule has 0 fully saturated rings. The van der Waals surface area contributed by atoms with Crippen LogP contribution in [0.15, 0.2) is 11.6 Å². The fraction of sp³-hybridized carbons (Fsp3) is 0.500. The van der Waals surface area contributed by atoms with Gasteiger partial charge in [-0.05, 0) is 11.6 Å². The van der Waals surface area contributed by atoms with Crippen molar-refractivity contribution in [3.05, 3.63) is 11.6 Å². The van der Waals surface area contributed by atoms with Gasteiger partial charge in [0, 0.05) is 5.03 Å². The van der Waals surface area contributed by atoms with Crippen molar-refractivity contribution in [1.29, 1.82) is 0 Å². The SMILES string of the molecule is C=C(Cl)CC(F)(F)Cl. The molecule has 0 amide bonds. The molecule has 0 N–H and O–H groups in total. The topological polar surface area (TPSA) is 0 Å². The second-order valence-electron chi connectivity index (χ2n) is 1.31.